The first-order valence-electron chi connectivity index (χ1n) is 36.7. The van der Waals surface area contributed by atoms with Crippen LogP contribution in [0.4, 0.5) is 0 Å². The molecule has 83 heavy (non-hydrogen) atoms. The van der Waals surface area contributed by atoms with Gasteiger partial charge in [-0.05, 0) is 0 Å². The second-order valence-electron chi connectivity index (χ2n) is 20.3. The Morgan fingerprint density at radius 3 is 1.43 bits per heavy atom. The molecule has 0 fully saturated rings. The van der Waals surface area contributed by atoms with E-state index in [0.29, 0.717) is 11.5 Å². The molecule has 17 rings (SSSR count). The number of hydrogen-bond donors (Lipinski definition) is 0. The number of fused-ring (bicyclic) bond motifs is 15. The van der Waals surface area contributed by atoms with Gasteiger partial charge in [0.05, 0.1) is 8.22 Å². The average molecular weight is 1140 g/mol. The van der Waals surface area contributed by atoms with E-state index in [4.69, 9.17) is 30.7 Å². The third-order valence-corrected chi connectivity index (χ3v) is 26.2. The zero-order valence-corrected chi connectivity index (χ0v) is 45.5. The van der Waals surface area contributed by atoms with Crippen molar-refractivity contribution in [2.24, 2.45) is 0 Å². The molecule has 6 nitrogen and oxygen atoms in total. The van der Waals surface area contributed by atoms with Gasteiger partial charge in [0.25, 0.3) is 0 Å². The number of para-hydroxylation sites is 7. The molecule has 0 saturated carbocycles. The van der Waals surface area contributed by atoms with Crippen molar-refractivity contribution < 1.29 is 32.2 Å². The van der Waals surface area contributed by atoms with E-state index in [1.165, 1.54) is 0 Å². The summed E-state index contributed by atoms with van der Waals surface area (Å²) in [4.78, 5) is 15.3. The second kappa shape index (κ2) is 18.6. The fraction of sp³-hybridized carbons (Fsp3) is 0.0132. The molecule has 0 N–H and O–H groups in total. The standard InChI is InChI=1S/C76H49GeN5O/c1-3-25-51(26-4-1)77(52-27-5-2-6-28-52,54-46-47-56-55-30-7-13-36-62(55)76(65(56)49-54)63-37-14-21-44-71(63)83-72-45-22-15-38-64(72)76)53-29-23-24-50(48-53)73-78-74(80-75(79-73)82-68-41-18-10-33-59(68)60-34-11-19-42-69(60)82)61-35-12-20-43-70(61)81-66-39-16-8-31-57(66)58-32-9-17-40-67(58)81/h1-49H/i8D,9D,10D,11D,12D,16D,17D,18D,19D,20D,31D,32D,33D,34D,35D,39D,40D,41D,42D,43D. The van der Waals surface area contributed by atoms with Gasteiger partial charge in [0.15, 0.2) is 0 Å². The van der Waals surface area contributed by atoms with E-state index in [-0.39, 0.29) is 22.2 Å². The van der Waals surface area contributed by atoms with E-state index < -0.39 is 195 Å². The molecule has 1 aliphatic heterocycles. The summed E-state index contributed by atoms with van der Waals surface area (Å²) < 4.78 is 198. The fourth-order valence-corrected chi connectivity index (χ4v) is 23.0. The molecule has 7 heteroatoms. The van der Waals surface area contributed by atoms with Crippen LogP contribution < -0.4 is 22.3 Å². The molecule has 4 heterocycles. The molecule has 0 saturated heterocycles. The Morgan fingerprint density at radius 1 is 0.349 bits per heavy atom. The van der Waals surface area contributed by atoms with Crippen LogP contribution in [0, 0.1) is 0 Å². The molecular weight excluding hydrogens is 1070 g/mol. The first-order valence-corrected chi connectivity index (χ1v) is 30.9. The first kappa shape index (κ1) is 31.6. The van der Waals surface area contributed by atoms with Crippen LogP contribution in [0.2, 0.25) is 0 Å². The summed E-state index contributed by atoms with van der Waals surface area (Å²) in [5.74, 6) is -0.0937. The van der Waals surface area contributed by atoms with Crippen LogP contribution in [-0.2, 0) is 5.41 Å². The summed E-state index contributed by atoms with van der Waals surface area (Å²) in [5.41, 5.74) is 2.26. The maximum atomic E-state index is 10.0. The quantitative estimate of drug-likeness (QED) is 0.142. The predicted octanol–water partition coefficient (Wildman–Crippen LogP) is 15.2. The zero-order valence-electron chi connectivity index (χ0n) is 63.4. The van der Waals surface area contributed by atoms with Gasteiger partial charge in [-0.1, -0.05) is 12.1 Å². The van der Waals surface area contributed by atoms with Crippen molar-refractivity contribution in [3.05, 3.63) is 319 Å². The van der Waals surface area contributed by atoms with Crippen molar-refractivity contribution in [3.63, 3.8) is 0 Å². The van der Waals surface area contributed by atoms with Crippen LogP contribution in [-0.4, -0.2) is 37.4 Å². The van der Waals surface area contributed by atoms with E-state index in [2.05, 4.69) is 72.8 Å². The minimum absolute atomic E-state index is 0.230. The molecule has 1 spiro atoms. The number of hydrogen-bond acceptors (Lipinski definition) is 4. The normalized spacial score (nSPS) is 16.4. The Labute approximate surface area is 510 Å². The van der Waals surface area contributed by atoms with Gasteiger partial charge in [-0.3, -0.25) is 0 Å². The molecule has 12 aromatic carbocycles. The third-order valence-electron chi connectivity index (χ3n) is 16.3. The minimum atomic E-state index is -4.69. The number of rotatable bonds is 8. The van der Waals surface area contributed by atoms with E-state index in [1.807, 2.05) is 97.1 Å². The predicted molar refractivity (Wildman–Crippen MR) is 340 cm³/mol. The second-order valence-corrected chi connectivity index (χ2v) is 28.3. The number of ether oxygens (including phenoxy) is 1. The summed E-state index contributed by atoms with van der Waals surface area (Å²) in [5, 5.41) is -1.51. The zero-order chi connectivity index (χ0) is 72.0. The molecule has 15 aromatic rings. The van der Waals surface area contributed by atoms with Crippen molar-refractivity contribution in [3.8, 4) is 57.0 Å². The molecule has 0 radical (unpaired) electrons. The first-order chi connectivity index (χ1) is 49.5. The van der Waals surface area contributed by atoms with Gasteiger partial charge < -0.3 is 0 Å². The SMILES string of the molecule is [2H]c1c([2H])c([2H])c(-n2c3c([2H])c([2H])c([2H])c([2H])c3c3c([2H])c([2H])c([2H])c([2H])c32)c(-c2nc(-c3ccc[c]([Ge]([c]4ccccc4)([c]4ccccc4)[c]4ccc5c(c4)C4(c6ccccc6Oc6ccccc64)c4ccccc4-5)c3)nc(-n3c4c([2H])c([2H])c([2H])c([2H])c4c4c([2H])c([2H])c([2H])c([2H])c43)n2)c1[2H]. The van der Waals surface area contributed by atoms with E-state index in [0.717, 1.165) is 60.1 Å². The van der Waals surface area contributed by atoms with Crippen molar-refractivity contribution in [2.75, 3.05) is 0 Å². The number of benzene rings is 12. The third kappa shape index (κ3) is 6.87. The molecule has 388 valence electrons. The Morgan fingerprint density at radius 2 is 0.819 bits per heavy atom. The van der Waals surface area contributed by atoms with Crippen molar-refractivity contribution in [1.82, 2.24) is 24.1 Å². The van der Waals surface area contributed by atoms with Crippen molar-refractivity contribution in [2.45, 2.75) is 5.41 Å². The summed E-state index contributed by atoms with van der Waals surface area (Å²) in [6, 6.07) is 43.5. The Hall–Kier alpha value is -10.4. The van der Waals surface area contributed by atoms with E-state index in [9.17, 15) is 16.4 Å². The fourth-order valence-electron chi connectivity index (χ4n) is 13.0. The van der Waals surface area contributed by atoms with Crippen LogP contribution >= 0.6 is 0 Å². The maximum absolute atomic E-state index is 10.0. The van der Waals surface area contributed by atoms with Gasteiger partial charge in [0, 0.05) is 0 Å². The van der Waals surface area contributed by atoms with E-state index in [1.54, 1.807) is 6.07 Å². The van der Waals surface area contributed by atoms with Crippen LogP contribution in [0.3, 0.4) is 0 Å². The Bertz CT molecular complexity index is 6090. The van der Waals surface area contributed by atoms with Crippen LogP contribution in [0.25, 0.3) is 89.2 Å². The van der Waals surface area contributed by atoms with Gasteiger partial charge in [0.2, 0.25) is 0 Å². The van der Waals surface area contributed by atoms with E-state index >= 15 is 0 Å². The average Bonchev–Trinajstić information content (AvgIpc) is 1.56. The Kier molecular flexibility index (Phi) is 7.06. The topological polar surface area (TPSA) is 57.8 Å². The monoisotopic (exact) mass is 1140 g/mol. The van der Waals surface area contributed by atoms with Crippen molar-refractivity contribution in [1.29, 1.82) is 0 Å². The molecular formula is C76H49GeN5O. The van der Waals surface area contributed by atoms with Crippen molar-refractivity contribution >= 4 is 74.5 Å². The van der Waals surface area contributed by atoms with Gasteiger partial charge >= 0.3 is 492 Å². The summed E-state index contributed by atoms with van der Waals surface area (Å²) in [7, 11) is 0. The van der Waals surface area contributed by atoms with Gasteiger partial charge in [-0.15, -0.1) is 0 Å². The van der Waals surface area contributed by atoms with Gasteiger partial charge in [0.1, 0.15) is 0 Å². The summed E-state index contributed by atoms with van der Waals surface area (Å²) >= 11 is -4.69. The summed E-state index contributed by atoms with van der Waals surface area (Å²) in [6.07, 6.45) is 0. The Balaban J connectivity index is 1.02. The molecule has 1 aliphatic carbocycles. The van der Waals surface area contributed by atoms with Crippen LogP contribution in [0.1, 0.15) is 49.7 Å². The van der Waals surface area contributed by atoms with Crippen LogP contribution in [0.5, 0.6) is 11.5 Å². The molecule has 0 unspecified atom stereocenters. The molecule has 0 bridgehead atoms. The molecule has 0 amide bonds. The number of nitrogens with zero attached hydrogens (tertiary/aromatic N) is 5. The van der Waals surface area contributed by atoms with Gasteiger partial charge in [-0.2, -0.15) is 0 Å². The number of aromatic nitrogens is 5. The summed E-state index contributed by atoms with van der Waals surface area (Å²) in [6.45, 7) is 0. The molecule has 2 aliphatic rings. The molecule has 3 aromatic heterocycles. The molecule has 0 atom stereocenters. The van der Waals surface area contributed by atoms with Crippen LogP contribution in [0.15, 0.2) is 297 Å². The van der Waals surface area contributed by atoms with Gasteiger partial charge in [-0.25, -0.2) is 0 Å².